The maximum atomic E-state index is 11.4. The van der Waals surface area contributed by atoms with Crippen molar-refractivity contribution in [1.82, 2.24) is 0 Å². The first-order valence-corrected chi connectivity index (χ1v) is 35.1. The van der Waals surface area contributed by atoms with Crippen LogP contribution in [0.5, 0.6) is 23.0 Å². The van der Waals surface area contributed by atoms with Crippen molar-refractivity contribution in [2.75, 3.05) is 0 Å². The summed E-state index contributed by atoms with van der Waals surface area (Å²) in [6, 6.07) is 17.1. The van der Waals surface area contributed by atoms with Gasteiger partial charge in [0.25, 0.3) is 5.60 Å². The van der Waals surface area contributed by atoms with Gasteiger partial charge < -0.3 is 30.6 Å². The largest absolute Gasteiger partial charge is 0.507 e. The van der Waals surface area contributed by atoms with E-state index >= 15 is 0 Å². The Morgan fingerprint density at radius 2 is 0.430 bits per heavy atom. The van der Waals surface area contributed by atoms with E-state index in [1.807, 2.05) is 24.9 Å². The van der Waals surface area contributed by atoms with E-state index in [-0.39, 0.29) is 108 Å². The summed E-state index contributed by atoms with van der Waals surface area (Å²) >= 11 is 0. The number of hydrogen-bond acceptors (Lipinski definition) is 10. The Hall–Kier alpha value is -5.36. The minimum absolute atomic E-state index is 0. The number of aliphatic imine (C=N–C) groups is 4. The Kier molecular flexibility index (Phi) is 32.7. The molecule has 0 spiro atoms. The molecule has 0 saturated heterocycles. The Morgan fingerprint density at radius 3 is 0.533 bits per heavy atom. The topological polar surface area (TPSA) is 171 Å². The van der Waals surface area contributed by atoms with Crippen molar-refractivity contribution in [3.63, 3.8) is 0 Å². The maximum absolute atomic E-state index is 11.4. The second kappa shape index (κ2) is 35.1. The molecule has 0 heterocycles. The molecule has 0 aliphatic heterocycles. The minimum Gasteiger partial charge on any atom is -0.507 e. The molecule has 2 saturated carbocycles. The predicted molar refractivity (Wildman–Crippen MR) is 390 cm³/mol. The van der Waals surface area contributed by atoms with Crippen LogP contribution in [-0.2, 0) is 76.9 Å². The molecule has 0 amide bonds. The third-order valence-electron chi connectivity index (χ3n) is 18.6. The number of phenols is 4. The third-order valence-corrected chi connectivity index (χ3v) is 18.6. The van der Waals surface area contributed by atoms with E-state index < -0.39 is 42.1 Å². The van der Waals surface area contributed by atoms with Gasteiger partial charge in [-0.25, -0.2) is 0 Å². The molecule has 0 bridgehead atoms. The van der Waals surface area contributed by atoms with Crippen molar-refractivity contribution in [2.24, 2.45) is 20.0 Å². The number of benzene rings is 4. The molecular weight excluding hydrogens is 1520 g/mol. The van der Waals surface area contributed by atoms with Gasteiger partial charge in [0.05, 0.1) is 24.2 Å². The molecule has 6 N–H and O–H groups in total. The molecule has 10 nitrogen and oxygen atoms in total. The summed E-state index contributed by atoms with van der Waals surface area (Å²) in [7, 11) is 0. The number of halogens is 15. The molecule has 2 fully saturated rings. The fraction of sp³-hybridized carbons (Fsp3) is 0.650. The van der Waals surface area contributed by atoms with Gasteiger partial charge in [-0.15, -0.1) is 0 Å². The Labute approximate surface area is 644 Å². The number of alkyl halides is 15. The fourth-order valence-electron chi connectivity index (χ4n) is 11.3. The number of rotatable bonds is 8. The van der Waals surface area contributed by atoms with Gasteiger partial charge in [0, 0.05) is 103 Å². The summed E-state index contributed by atoms with van der Waals surface area (Å²) in [5.74, 6) is 1.27. The van der Waals surface area contributed by atoms with Gasteiger partial charge in [-0.05, 0) is 122 Å². The van der Waals surface area contributed by atoms with Gasteiger partial charge >= 0.3 is 36.5 Å². The van der Waals surface area contributed by atoms with E-state index in [2.05, 4.69) is 215 Å². The molecule has 2 aliphatic carbocycles. The van der Waals surface area contributed by atoms with E-state index in [0.29, 0.717) is 23.0 Å². The zero-order valence-electron chi connectivity index (χ0n) is 66.2. The number of nitrogens with zero attached hydrogens (tertiary/aromatic N) is 4. The zero-order chi connectivity index (χ0) is 82.0. The zero-order valence-corrected chi connectivity index (χ0v) is 68.3. The predicted octanol–water partition coefficient (Wildman–Crippen LogP) is 22.5. The van der Waals surface area contributed by atoms with E-state index in [1.165, 1.54) is 22.3 Å². The van der Waals surface area contributed by atoms with Crippen LogP contribution in [0.2, 0.25) is 0 Å². The van der Waals surface area contributed by atoms with Crippen LogP contribution >= 0.6 is 0 Å². The molecule has 4 atom stereocenters. The molecule has 6 rings (SSSR count). The van der Waals surface area contributed by atoms with E-state index in [4.69, 9.17) is 30.2 Å². The van der Waals surface area contributed by atoms with Gasteiger partial charge in [0.2, 0.25) is 0 Å². The Balaban J connectivity index is 0.000000801. The van der Waals surface area contributed by atoms with Gasteiger partial charge in [-0.3, -0.25) is 20.0 Å². The third kappa shape index (κ3) is 26.1. The van der Waals surface area contributed by atoms with E-state index in [0.717, 1.165) is 95.9 Å². The van der Waals surface area contributed by atoms with Crippen molar-refractivity contribution in [1.29, 1.82) is 0 Å². The molecule has 2 aliphatic rings. The first-order valence-electron chi connectivity index (χ1n) is 35.1. The van der Waals surface area contributed by atoms with E-state index in [1.54, 1.807) is 0 Å². The number of aliphatic hydroxyl groups is 2. The molecular formula is C80H113Co2F15N4O6. The molecule has 107 heavy (non-hydrogen) atoms. The van der Waals surface area contributed by atoms with Gasteiger partial charge in [0.1, 0.15) is 23.0 Å². The minimum atomic E-state index is -6.87. The summed E-state index contributed by atoms with van der Waals surface area (Å²) < 4.78 is 171. The molecule has 612 valence electrons. The van der Waals surface area contributed by atoms with Gasteiger partial charge in [-0.1, -0.05) is 216 Å². The average Bonchev–Trinajstić information content (AvgIpc) is 0.744. The van der Waals surface area contributed by atoms with E-state index in [9.17, 15) is 86.3 Å². The van der Waals surface area contributed by atoms with Crippen LogP contribution in [0.3, 0.4) is 0 Å². The Morgan fingerprint density at radius 1 is 0.271 bits per heavy atom. The molecule has 4 aromatic rings. The normalized spacial score (nSPS) is 18.3. The quantitative estimate of drug-likeness (QED) is 0.0757. The summed E-state index contributed by atoms with van der Waals surface area (Å²) in [5.41, 5.74) is -0.523. The summed E-state index contributed by atoms with van der Waals surface area (Å²) in [6.07, 6.45) is -16.2. The SMILES string of the molecule is CC(C)(C)c1cc(C=N[C@@H]2CCCC[C@H]2N=Cc2cc(C(C)(C)C)cc(C(C)(C)C)c2O)c(O)c(C(C)(C)C)c1.CC(C)(C)c1cc(C=N[C@@H]2CCCC[C@H]2N=Cc2cc(C(C)(C)C)cc(C(C)(C)C)c2O)c(O)c(C(C)(C)C)c1.CC(O)(C(F)(F)F)C(F)(F)F.OC(C(F)(F)F)(C(F)(F)F)C(F)(F)F.[Co].[Co]. The second-order valence-corrected chi connectivity index (χ2v) is 36.1. The van der Waals surface area contributed by atoms with Gasteiger partial charge in [-0.2, -0.15) is 65.9 Å². The van der Waals surface area contributed by atoms with Crippen molar-refractivity contribution in [3.8, 4) is 23.0 Å². The van der Waals surface area contributed by atoms with Crippen LogP contribution in [0.4, 0.5) is 65.9 Å². The van der Waals surface area contributed by atoms with Crippen LogP contribution in [-0.4, -0.2) is 122 Å². The summed E-state index contributed by atoms with van der Waals surface area (Å²) in [5, 5.41) is 60.5. The fourth-order valence-corrected chi connectivity index (χ4v) is 11.3. The van der Waals surface area contributed by atoms with Crippen LogP contribution in [0, 0.1) is 0 Å². The molecule has 4 aromatic carbocycles. The maximum Gasteiger partial charge on any atom is 0.435 e. The first kappa shape index (κ1) is 99.7. The molecule has 0 aromatic heterocycles. The molecule has 2 radical (unpaired) electrons. The van der Waals surface area contributed by atoms with Crippen LogP contribution in [0.1, 0.15) is 291 Å². The smallest absolute Gasteiger partial charge is 0.435 e. The second-order valence-electron chi connectivity index (χ2n) is 36.1. The summed E-state index contributed by atoms with van der Waals surface area (Å²) in [4.78, 5) is 20.1. The summed E-state index contributed by atoms with van der Waals surface area (Å²) in [6.45, 7) is 51.7. The van der Waals surface area contributed by atoms with Crippen molar-refractivity contribution < 1.29 is 130 Å². The van der Waals surface area contributed by atoms with Crippen molar-refractivity contribution in [3.05, 3.63) is 115 Å². The van der Waals surface area contributed by atoms with Crippen LogP contribution in [0.15, 0.2) is 68.5 Å². The monoisotopic (exact) mass is 1630 g/mol. The average molecular weight is 1630 g/mol. The van der Waals surface area contributed by atoms with Crippen molar-refractivity contribution >= 4 is 24.9 Å². The first-order chi connectivity index (χ1) is 46.6. The standard InChI is InChI=1S/2C36H54N2O2.C4HF9O.C4H4F6O.2Co/c2*1-33(2,3)25-17-23(31(39)27(19-25)35(7,8)9)21-37-29-15-13-14-16-30(29)38-22-24-18-26(34(4,5)6)20-28(32(24)40)36(10,11)12;5-2(6,7)1(14,3(8,9)10)4(11,12)13;1-2(11,3(5,6)7)4(8,9)10;;/h2*17-22,29-30,39-40H,13-16H2,1-12H3;14H;11H,1H3;;/t2*29-,30-;;;;/m11..../s1. The van der Waals surface area contributed by atoms with Crippen LogP contribution in [0.25, 0.3) is 0 Å². The van der Waals surface area contributed by atoms with Crippen molar-refractivity contribution in [2.45, 2.75) is 334 Å². The molecule has 27 heteroatoms. The number of phenolic OH excluding ortho intramolecular Hbond substituents is 4. The number of hydrogen-bond donors (Lipinski definition) is 6. The number of aromatic hydroxyl groups is 4. The van der Waals surface area contributed by atoms with Gasteiger partial charge in [0.15, 0.2) is 0 Å². The molecule has 0 unspecified atom stereocenters. The Bertz CT molecular complexity index is 3270. The van der Waals surface area contributed by atoms with Crippen LogP contribution < -0.4 is 0 Å².